The van der Waals surface area contributed by atoms with Gasteiger partial charge in [-0.25, -0.2) is 0 Å². The van der Waals surface area contributed by atoms with Gasteiger partial charge in [0.05, 0.1) is 12.6 Å². The van der Waals surface area contributed by atoms with Gasteiger partial charge in [0, 0.05) is 26.2 Å². The van der Waals surface area contributed by atoms with Gasteiger partial charge in [0.1, 0.15) is 0 Å². The average molecular weight is 234 g/mol. The van der Waals surface area contributed by atoms with Crippen molar-refractivity contribution in [2.75, 3.05) is 32.8 Å². The van der Waals surface area contributed by atoms with Gasteiger partial charge in [-0.3, -0.25) is 4.90 Å². The van der Waals surface area contributed by atoms with E-state index in [1.165, 1.54) is 16.7 Å². The standard InChI is InChI=1S/C14H22N2O/c1-11-4-3-5-12(2)14(11)13(10-17)16-8-6-15-7-9-16/h3-5,13,15,17H,6-10H2,1-2H3/t13-/m1/s1. The summed E-state index contributed by atoms with van der Waals surface area (Å²) in [6.45, 7) is 8.52. The second-order valence-corrected chi connectivity index (χ2v) is 4.79. The van der Waals surface area contributed by atoms with Crippen molar-refractivity contribution in [3.05, 3.63) is 34.9 Å². The second-order valence-electron chi connectivity index (χ2n) is 4.79. The fourth-order valence-corrected chi connectivity index (χ4v) is 2.74. The fourth-order valence-electron chi connectivity index (χ4n) is 2.74. The van der Waals surface area contributed by atoms with Crippen LogP contribution in [0.3, 0.4) is 0 Å². The highest BCUT2D eigenvalue weighted by Crippen LogP contribution is 2.26. The van der Waals surface area contributed by atoms with Gasteiger partial charge in [0.25, 0.3) is 0 Å². The molecule has 1 aliphatic rings. The molecular formula is C14H22N2O. The Labute approximate surface area is 103 Å². The van der Waals surface area contributed by atoms with Crippen LogP contribution in [0.1, 0.15) is 22.7 Å². The number of hydrogen-bond donors (Lipinski definition) is 2. The molecule has 1 aromatic rings. The van der Waals surface area contributed by atoms with Crippen molar-refractivity contribution in [3.8, 4) is 0 Å². The van der Waals surface area contributed by atoms with Gasteiger partial charge in [-0.1, -0.05) is 18.2 Å². The maximum absolute atomic E-state index is 9.72. The molecule has 1 heterocycles. The molecule has 2 rings (SSSR count). The monoisotopic (exact) mass is 234 g/mol. The van der Waals surface area contributed by atoms with Gasteiger partial charge in [0.2, 0.25) is 0 Å². The highest BCUT2D eigenvalue weighted by Gasteiger charge is 2.23. The molecular weight excluding hydrogens is 212 g/mol. The third-order valence-corrected chi connectivity index (χ3v) is 3.64. The van der Waals surface area contributed by atoms with E-state index >= 15 is 0 Å². The Balaban J connectivity index is 2.27. The first-order chi connectivity index (χ1) is 8.24. The number of hydrogen-bond acceptors (Lipinski definition) is 3. The van der Waals surface area contributed by atoms with Crippen LogP contribution in [0.25, 0.3) is 0 Å². The third-order valence-electron chi connectivity index (χ3n) is 3.64. The molecule has 17 heavy (non-hydrogen) atoms. The van der Waals surface area contributed by atoms with Crippen LogP contribution >= 0.6 is 0 Å². The molecule has 0 aliphatic carbocycles. The lowest BCUT2D eigenvalue weighted by Crippen LogP contribution is -2.46. The number of aryl methyl sites for hydroxylation is 2. The Morgan fingerprint density at radius 1 is 1.24 bits per heavy atom. The topological polar surface area (TPSA) is 35.5 Å². The van der Waals surface area contributed by atoms with E-state index in [0.29, 0.717) is 0 Å². The summed E-state index contributed by atoms with van der Waals surface area (Å²) in [4.78, 5) is 2.38. The zero-order chi connectivity index (χ0) is 12.3. The molecule has 3 nitrogen and oxygen atoms in total. The molecule has 1 aliphatic heterocycles. The molecule has 1 atom stereocenters. The van der Waals surface area contributed by atoms with Gasteiger partial charge in [-0.2, -0.15) is 0 Å². The van der Waals surface area contributed by atoms with E-state index in [2.05, 4.69) is 42.3 Å². The van der Waals surface area contributed by atoms with Crippen molar-refractivity contribution in [2.45, 2.75) is 19.9 Å². The summed E-state index contributed by atoms with van der Waals surface area (Å²) in [5.74, 6) is 0. The smallest absolute Gasteiger partial charge is 0.0628 e. The number of aliphatic hydroxyl groups excluding tert-OH is 1. The van der Waals surface area contributed by atoms with E-state index in [0.717, 1.165) is 26.2 Å². The second kappa shape index (κ2) is 5.63. The van der Waals surface area contributed by atoms with Crippen molar-refractivity contribution in [2.24, 2.45) is 0 Å². The van der Waals surface area contributed by atoms with Crippen LogP contribution < -0.4 is 5.32 Å². The predicted octanol–water partition coefficient (Wildman–Crippen LogP) is 1.24. The molecule has 3 heteroatoms. The minimum Gasteiger partial charge on any atom is -0.394 e. The summed E-state index contributed by atoms with van der Waals surface area (Å²) in [5.41, 5.74) is 3.86. The quantitative estimate of drug-likeness (QED) is 0.826. The largest absolute Gasteiger partial charge is 0.394 e. The lowest BCUT2D eigenvalue weighted by Gasteiger charge is -2.35. The number of nitrogens with one attached hydrogen (secondary N) is 1. The molecule has 0 radical (unpaired) electrons. The maximum Gasteiger partial charge on any atom is 0.0628 e. The Morgan fingerprint density at radius 2 is 1.82 bits per heavy atom. The summed E-state index contributed by atoms with van der Waals surface area (Å²) in [5, 5.41) is 13.1. The van der Waals surface area contributed by atoms with Crippen LogP contribution in [0.4, 0.5) is 0 Å². The summed E-state index contributed by atoms with van der Waals surface area (Å²) in [6, 6.07) is 6.50. The molecule has 1 aromatic carbocycles. The van der Waals surface area contributed by atoms with Crippen LogP contribution in [0.5, 0.6) is 0 Å². The zero-order valence-corrected chi connectivity index (χ0v) is 10.7. The van der Waals surface area contributed by atoms with Crippen LogP contribution in [0, 0.1) is 13.8 Å². The molecule has 1 saturated heterocycles. The van der Waals surface area contributed by atoms with Crippen LogP contribution in [0.15, 0.2) is 18.2 Å². The zero-order valence-electron chi connectivity index (χ0n) is 10.7. The number of nitrogens with zero attached hydrogens (tertiary/aromatic N) is 1. The highest BCUT2D eigenvalue weighted by atomic mass is 16.3. The predicted molar refractivity (Wildman–Crippen MR) is 70.2 cm³/mol. The lowest BCUT2D eigenvalue weighted by molar-refractivity contribution is 0.110. The third kappa shape index (κ3) is 2.68. The molecule has 0 amide bonds. The van der Waals surface area contributed by atoms with E-state index in [-0.39, 0.29) is 12.6 Å². The van der Waals surface area contributed by atoms with E-state index in [1.807, 2.05) is 0 Å². The Morgan fingerprint density at radius 3 is 2.35 bits per heavy atom. The van der Waals surface area contributed by atoms with Crippen molar-refractivity contribution in [1.82, 2.24) is 10.2 Å². The summed E-state index contributed by atoms with van der Waals surface area (Å²) in [7, 11) is 0. The molecule has 94 valence electrons. The van der Waals surface area contributed by atoms with Gasteiger partial charge < -0.3 is 10.4 Å². The van der Waals surface area contributed by atoms with Crippen molar-refractivity contribution in [1.29, 1.82) is 0 Å². The van der Waals surface area contributed by atoms with Crippen molar-refractivity contribution < 1.29 is 5.11 Å². The summed E-state index contributed by atoms with van der Waals surface area (Å²) in [6.07, 6.45) is 0. The molecule has 0 saturated carbocycles. The molecule has 1 fully saturated rings. The SMILES string of the molecule is Cc1cccc(C)c1[C@@H](CO)N1CCNCC1. The first-order valence-corrected chi connectivity index (χ1v) is 6.35. The normalized spacial score (nSPS) is 19.2. The molecule has 0 aromatic heterocycles. The Kier molecular flexibility index (Phi) is 4.15. The van der Waals surface area contributed by atoms with Crippen LogP contribution in [0.2, 0.25) is 0 Å². The minimum atomic E-state index is 0.151. The number of rotatable bonds is 3. The van der Waals surface area contributed by atoms with E-state index in [4.69, 9.17) is 0 Å². The lowest BCUT2D eigenvalue weighted by atomic mass is 9.95. The molecule has 0 unspecified atom stereocenters. The summed E-state index contributed by atoms with van der Waals surface area (Å²) < 4.78 is 0. The van der Waals surface area contributed by atoms with Crippen molar-refractivity contribution >= 4 is 0 Å². The van der Waals surface area contributed by atoms with Crippen molar-refractivity contribution in [3.63, 3.8) is 0 Å². The van der Waals surface area contributed by atoms with Crippen LogP contribution in [-0.4, -0.2) is 42.8 Å². The Hall–Kier alpha value is -0.900. The van der Waals surface area contributed by atoms with E-state index in [1.54, 1.807) is 0 Å². The number of aliphatic hydroxyl groups is 1. The number of piperazine rings is 1. The minimum absolute atomic E-state index is 0.151. The molecule has 0 spiro atoms. The molecule has 2 N–H and O–H groups in total. The van der Waals surface area contributed by atoms with E-state index < -0.39 is 0 Å². The molecule has 0 bridgehead atoms. The van der Waals surface area contributed by atoms with Gasteiger partial charge in [-0.05, 0) is 30.5 Å². The number of benzene rings is 1. The van der Waals surface area contributed by atoms with E-state index in [9.17, 15) is 5.11 Å². The van der Waals surface area contributed by atoms with Crippen LogP contribution in [-0.2, 0) is 0 Å². The summed E-state index contributed by atoms with van der Waals surface area (Å²) >= 11 is 0. The first kappa shape index (κ1) is 12.6. The van der Waals surface area contributed by atoms with Gasteiger partial charge in [0.15, 0.2) is 0 Å². The highest BCUT2D eigenvalue weighted by molar-refractivity contribution is 5.36. The first-order valence-electron chi connectivity index (χ1n) is 6.35. The van der Waals surface area contributed by atoms with Gasteiger partial charge >= 0.3 is 0 Å². The van der Waals surface area contributed by atoms with Gasteiger partial charge in [-0.15, -0.1) is 0 Å². The Bertz CT molecular complexity index is 352. The fraction of sp³-hybridized carbons (Fsp3) is 0.571. The maximum atomic E-state index is 9.72. The average Bonchev–Trinajstić information content (AvgIpc) is 2.35.